The van der Waals surface area contributed by atoms with E-state index >= 15 is 0 Å². The summed E-state index contributed by atoms with van der Waals surface area (Å²) in [5.74, 6) is 0.0548. The van der Waals surface area contributed by atoms with E-state index in [1.165, 1.54) is 0 Å². The number of carbonyl (C=O) groups excluding carboxylic acids is 1. The van der Waals surface area contributed by atoms with Gasteiger partial charge in [0, 0.05) is 17.4 Å². The minimum absolute atomic E-state index is 0.0233. The van der Waals surface area contributed by atoms with Crippen molar-refractivity contribution < 1.29 is 4.79 Å². The molecule has 0 heterocycles. The first-order chi connectivity index (χ1) is 12.6. The van der Waals surface area contributed by atoms with Crippen LogP contribution in [0.3, 0.4) is 0 Å². The molecule has 0 radical (unpaired) electrons. The molecule has 132 valence electrons. The summed E-state index contributed by atoms with van der Waals surface area (Å²) in [6, 6.07) is 27.8. The first-order valence-corrected chi connectivity index (χ1v) is 9.16. The van der Waals surface area contributed by atoms with Crippen molar-refractivity contribution in [1.82, 2.24) is 5.32 Å². The summed E-state index contributed by atoms with van der Waals surface area (Å²) < 4.78 is 0. The van der Waals surface area contributed by atoms with E-state index in [9.17, 15) is 4.79 Å². The van der Waals surface area contributed by atoms with Crippen molar-refractivity contribution in [2.24, 2.45) is 0 Å². The lowest BCUT2D eigenvalue weighted by Gasteiger charge is -2.20. The van der Waals surface area contributed by atoms with Gasteiger partial charge in [0.1, 0.15) is 0 Å². The van der Waals surface area contributed by atoms with Crippen molar-refractivity contribution in [3.05, 3.63) is 107 Å². The molecule has 3 aromatic carbocycles. The van der Waals surface area contributed by atoms with Gasteiger partial charge in [-0.15, -0.1) is 0 Å². The summed E-state index contributed by atoms with van der Waals surface area (Å²) in [6.45, 7) is 1.98. The highest BCUT2D eigenvalue weighted by atomic mass is 35.5. The third kappa shape index (κ3) is 4.74. The Morgan fingerprint density at radius 3 is 1.92 bits per heavy atom. The average molecular weight is 364 g/mol. The first-order valence-electron chi connectivity index (χ1n) is 8.78. The van der Waals surface area contributed by atoms with Gasteiger partial charge in [-0.3, -0.25) is 4.79 Å². The highest BCUT2D eigenvalue weighted by molar-refractivity contribution is 6.30. The smallest absolute Gasteiger partial charge is 0.221 e. The van der Waals surface area contributed by atoms with E-state index in [1.807, 2.05) is 67.6 Å². The lowest BCUT2D eigenvalue weighted by Crippen LogP contribution is -2.28. The minimum Gasteiger partial charge on any atom is -0.350 e. The Bertz CT molecular complexity index is 809. The summed E-state index contributed by atoms with van der Waals surface area (Å²) in [7, 11) is 0. The van der Waals surface area contributed by atoms with Crippen LogP contribution in [0, 0.1) is 0 Å². The van der Waals surface area contributed by atoms with E-state index in [0.717, 1.165) is 16.7 Å². The van der Waals surface area contributed by atoms with Crippen LogP contribution >= 0.6 is 11.6 Å². The molecule has 3 heteroatoms. The number of halogens is 1. The molecule has 3 rings (SSSR count). The van der Waals surface area contributed by atoms with Gasteiger partial charge in [0.15, 0.2) is 0 Å². The van der Waals surface area contributed by atoms with Gasteiger partial charge in [0.2, 0.25) is 5.91 Å². The fraction of sp³-hybridized carbons (Fsp3) is 0.174. The fourth-order valence-electron chi connectivity index (χ4n) is 3.14. The van der Waals surface area contributed by atoms with Crippen LogP contribution in [-0.4, -0.2) is 5.91 Å². The average Bonchev–Trinajstić information content (AvgIpc) is 2.67. The van der Waals surface area contributed by atoms with Gasteiger partial charge in [-0.2, -0.15) is 0 Å². The van der Waals surface area contributed by atoms with Crippen LogP contribution in [0.2, 0.25) is 5.02 Å². The van der Waals surface area contributed by atoms with Crippen molar-refractivity contribution >= 4 is 17.5 Å². The maximum absolute atomic E-state index is 12.7. The van der Waals surface area contributed by atoms with Crippen LogP contribution in [0.5, 0.6) is 0 Å². The molecule has 1 N–H and O–H groups in total. The van der Waals surface area contributed by atoms with Gasteiger partial charge < -0.3 is 5.32 Å². The molecule has 0 aliphatic rings. The molecular formula is C23H22ClNO. The third-order valence-electron chi connectivity index (χ3n) is 4.52. The second-order valence-electron chi connectivity index (χ2n) is 6.42. The third-order valence-corrected chi connectivity index (χ3v) is 4.75. The molecular weight excluding hydrogens is 342 g/mol. The highest BCUT2D eigenvalue weighted by Crippen LogP contribution is 2.28. The molecule has 1 atom stereocenters. The predicted molar refractivity (Wildman–Crippen MR) is 107 cm³/mol. The van der Waals surface area contributed by atoms with Crippen molar-refractivity contribution in [3.63, 3.8) is 0 Å². The number of hydrogen-bond acceptors (Lipinski definition) is 1. The molecule has 0 aliphatic carbocycles. The molecule has 0 unspecified atom stereocenters. The van der Waals surface area contributed by atoms with E-state index in [2.05, 4.69) is 29.6 Å². The predicted octanol–water partition coefficient (Wildman–Crippen LogP) is 5.74. The van der Waals surface area contributed by atoms with Crippen molar-refractivity contribution in [2.45, 2.75) is 25.3 Å². The number of nitrogens with one attached hydrogen (secondary N) is 1. The quantitative estimate of drug-likeness (QED) is 0.594. The molecule has 1 amide bonds. The van der Waals surface area contributed by atoms with Crippen LogP contribution in [-0.2, 0) is 4.79 Å². The molecule has 0 aromatic heterocycles. The standard InChI is InChI=1S/C23H22ClNO/c1-17(20-13-8-14-21(24)15-20)25-23(26)16-22(18-9-4-2-5-10-18)19-11-6-3-7-12-19/h2-15,17,22H,16H2,1H3,(H,25,26)/t17-/m0/s1. The number of hydrogen-bond donors (Lipinski definition) is 1. The molecule has 2 nitrogen and oxygen atoms in total. The second kappa shape index (κ2) is 8.68. The summed E-state index contributed by atoms with van der Waals surface area (Å²) in [4.78, 5) is 12.7. The number of amides is 1. The Morgan fingerprint density at radius 1 is 0.846 bits per heavy atom. The molecule has 0 spiro atoms. The zero-order valence-electron chi connectivity index (χ0n) is 14.7. The molecule has 26 heavy (non-hydrogen) atoms. The molecule has 3 aromatic rings. The topological polar surface area (TPSA) is 29.1 Å². The van der Waals surface area contributed by atoms with E-state index in [4.69, 9.17) is 11.6 Å². The zero-order valence-corrected chi connectivity index (χ0v) is 15.5. The highest BCUT2D eigenvalue weighted by Gasteiger charge is 2.19. The Morgan fingerprint density at radius 2 is 1.38 bits per heavy atom. The molecule has 0 saturated heterocycles. The van der Waals surface area contributed by atoms with Crippen molar-refractivity contribution in [3.8, 4) is 0 Å². The Kier molecular flexibility index (Phi) is 6.08. The lowest BCUT2D eigenvalue weighted by atomic mass is 9.88. The van der Waals surface area contributed by atoms with Crippen molar-refractivity contribution in [2.75, 3.05) is 0 Å². The molecule has 0 fully saturated rings. The molecule has 0 saturated carbocycles. The van der Waals surface area contributed by atoms with Gasteiger partial charge in [0.05, 0.1) is 6.04 Å². The van der Waals surface area contributed by atoms with Crippen LogP contribution in [0.25, 0.3) is 0 Å². The maximum atomic E-state index is 12.7. The normalized spacial score (nSPS) is 12.0. The zero-order chi connectivity index (χ0) is 18.4. The molecule has 0 bridgehead atoms. The minimum atomic E-state index is -0.0894. The fourth-order valence-corrected chi connectivity index (χ4v) is 3.34. The van der Waals surface area contributed by atoms with Gasteiger partial charge in [-0.1, -0.05) is 84.4 Å². The number of benzene rings is 3. The van der Waals surface area contributed by atoms with E-state index in [1.54, 1.807) is 0 Å². The van der Waals surface area contributed by atoms with Crippen molar-refractivity contribution in [1.29, 1.82) is 0 Å². The summed E-state index contributed by atoms with van der Waals surface area (Å²) >= 11 is 6.06. The van der Waals surface area contributed by atoms with Gasteiger partial charge in [-0.25, -0.2) is 0 Å². The number of carbonyl (C=O) groups is 1. The molecule has 0 aliphatic heterocycles. The number of rotatable bonds is 6. The Hall–Kier alpha value is -2.58. The van der Waals surface area contributed by atoms with E-state index < -0.39 is 0 Å². The summed E-state index contributed by atoms with van der Waals surface area (Å²) in [6.07, 6.45) is 0.402. The second-order valence-corrected chi connectivity index (χ2v) is 6.86. The lowest BCUT2D eigenvalue weighted by molar-refractivity contribution is -0.121. The Labute approximate surface area is 159 Å². The summed E-state index contributed by atoms with van der Waals surface area (Å²) in [5, 5.41) is 3.77. The first kappa shape index (κ1) is 18.2. The van der Waals surface area contributed by atoms with Crippen LogP contribution in [0.4, 0.5) is 0 Å². The van der Waals surface area contributed by atoms with Crippen LogP contribution in [0.1, 0.15) is 42.0 Å². The van der Waals surface area contributed by atoms with E-state index in [-0.39, 0.29) is 17.9 Å². The van der Waals surface area contributed by atoms with Gasteiger partial charge in [0.25, 0.3) is 0 Å². The van der Waals surface area contributed by atoms with Gasteiger partial charge in [-0.05, 0) is 35.7 Å². The maximum Gasteiger partial charge on any atom is 0.221 e. The van der Waals surface area contributed by atoms with Crippen LogP contribution in [0.15, 0.2) is 84.9 Å². The summed E-state index contributed by atoms with van der Waals surface area (Å²) in [5.41, 5.74) is 3.29. The van der Waals surface area contributed by atoms with Crippen LogP contribution < -0.4 is 5.32 Å². The largest absolute Gasteiger partial charge is 0.350 e. The monoisotopic (exact) mass is 363 g/mol. The SMILES string of the molecule is C[C@H](NC(=O)CC(c1ccccc1)c1ccccc1)c1cccc(Cl)c1. The van der Waals surface area contributed by atoms with Gasteiger partial charge >= 0.3 is 0 Å². The Balaban J connectivity index is 1.75. The van der Waals surface area contributed by atoms with E-state index in [0.29, 0.717) is 11.4 Å².